The Morgan fingerprint density at radius 2 is 1.05 bits per heavy atom. The number of ether oxygens (including phenoxy) is 2. The summed E-state index contributed by atoms with van der Waals surface area (Å²) in [6, 6.07) is 7.37. The van der Waals surface area contributed by atoms with Gasteiger partial charge in [0.05, 0.1) is 0 Å². The van der Waals surface area contributed by atoms with Gasteiger partial charge in [-0.25, -0.2) is 0 Å². The van der Waals surface area contributed by atoms with Gasteiger partial charge in [-0.1, -0.05) is 12.1 Å². The zero-order valence-corrected chi connectivity index (χ0v) is 13.4. The molecule has 2 aromatic rings. The van der Waals surface area contributed by atoms with Crippen LogP contribution in [0.1, 0.15) is 22.3 Å². The Morgan fingerprint density at radius 3 is 1.41 bits per heavy atom. The number of benzene rings is 2. The maximum Gasteiger partial charge on any atom is 0.161 e. The van der Waals surface area contributed by atoms with Crippen LogP contribution in [0.4, 0.5) is 0 Å². The molecule has 0 aliphatic rings. The Labute approximate surface area is 130 Å². The molecule has 0 bridgehead atoms. The molecule has 0 saturated heterocycles. The van der Waals surface area contributed by atoms with Crippen LogP contribution in [0.5, 0.6) is 23.0 Å². The first kappa shape index (κ1) is 16.0. The number of phenols is 2. The van der Waals surface area contributed by atoms with Gasteiger partial charge in [0.15, 0.2) is 23.0 Å². The van der Waals surface area contributed by atoms with Crippen molar-refractivity contribution in [3.05, 3.63) is 46.5 Å². The maximum atomic E-state index is 9.95. The van der Waals surface area contributed by atoms with Gasteiger partial charge in [-0.2, -0.15) is 0 Å². The van der Waals surface area contributed by atoms with Crippen molar-refractivity contribution in [1.82, 2.24) is 0 Å². The van der Waals surface area contributed by atoms with Crippen LogP contribution in [0, 0.1) is 27.7 Å². The van der Waals surface area contributed by atoms with Crippen molar-refractivity contribution in [2.24, 2.45) is 0 Å². The van der Waals surface area contributed by atoms with E-state index in [0.717, 1.165) is 22.3 Å². The molecule has 0 aliphatic heterocycles. The van der Waals surface area contributed by atoms with E-state index in [9.17, 15) is 10.2 Å². The summed E-state index contributed by atoms with van der Waals surface area (Å²) in [5.74, 6) is 1.20. The molecule has 0 heterocycles. The molecule has 2 aromatic carbocycles. The molecule has 0 aromatic heterocycles. The van der Waals surface area contributed by atoms with Gasteiger partial charge in [-0.05, 0) is 62.1 Å². The highest BCUT2D eigenvalue weighted by Crippen LogP contribution is 2.32. The van der Waals surface area contributed by atoms with E-state index in [1.807, 2.05) is 39.8 Å². The second-order valence-corrected chi connectivity index (χ2v) is 5.55. The third-order valence-electron chi connectivity index (χ3n) is 3.42. The summed E-state index contributed by atoms with van der Waals surface area (Å²) in [6.45, 7) is 8.12. The Hall–Kier alpha value is -2.36. The van der Waals surface area contributed by atoms with E-state index in [1.54, 1.807) is 12.1 Å². The molecular weight excluding hydrogens is 280 g/mol. The molecule has 0 fully saturated rings. The van der Waals surface area contributed by atoms with Gasteiger partial charge in [0.25, 0.3) is 0 Å². The van der Waals surface area contributed by atoms with Gasteiger partial charge in [-0.3, -0.25) is 0 Å². The van der Waals surface area contributed by atoms with Crippen molar-refractivity contribution < 1.29 is 19.7 Å². The SMILES string of the molecule is Cc1cc(C)c(O)c(OCCOc2cc(C)cc(C)c2O)c1. The van der Waals surface area contributed by atoms with Crippen LogP contribution in [0.15, 0.2) is 24.3 Å². The summed E-state index contributed by atoms with van der Waals surface area (Å²) in [5.41, 5.74) is 3.61. The normalized spacial score (nSPS) is 10.5. The number of aryl methyl sites for hydroxylation is 4. The minimum Gasteiger partial charge on any atom is -0.504 e. The first-order valence-electron chi connectivity index (χ1n) is 7.24. The minimum atomic E-state index is 0.153. The van der Waals surface area contributed by atoms with E-state index in [2.05, 4.69) is 0 Å². The van der Waals surface area contributed by atoms with Crippen LogP contribution >= 0.6 is 0 Å². The molecular formula is C18H22O4. The maximum absolute atomic E-state index is 9.95. The van der Waals surface area contributed by atoms with Crippen LogP contribution in [-0.4, -0.2) is 23.4 Å². The number of aromatic hydroxyl groups is 2. The molecule has 0 saturated carbocycles. The first-order chi connectivity index (χ1) is 10.4. The second kappa shape index (κ2) is 6.60. The smallest absolute Gasteiger partial charge is 0.161 e. The van der Waals surface area contributed by atoms with E-state index in [0.29, 0.717) is 11.5 Å². The zero-order chi connectivity index (χ0) is 16.3. The van der Waals surface area contributed by atoms with Crippen molar-refractivity contribution >= 4 is 0 Å². The summed E-state index contributed by atoms with van der Waals surface area (Å²) >= 11 is 0. The Morgan fingerprint density at radius 1 is 0.682 bits per heavy atom. The molecule has 0 amide bonds. The summed E-state index contributed by atoms with van der Waals surface area (Å²) in [6.07, 6.45) is 0. The minimum absolute atomic E-state index is 0.153. The molecule has 118 valence electrons. The summed E-state index contributed by atoms with van der Waals surface area (Å²) < 4.78 is 11.1. The molecule has 4 nitrogen and oxygen atoms in total. The molecule has 0 radical (unpaired) electrons. The third kappa shape index (κ3) is 3.64. The van der Waals surface area contributed by atoms with Gasteiger partial charge < -0.3 is 19.7 Å². The quantitative estimate of drug-likeness (QED) is 0.825. The number of hydrogen-bond donors (Lipinski definition) is 2. The van der Waals surface area contributed by atoms with E-state index in [1.165, 1.54) is 0 Å². The van der Waals surface area contributed by atoms with E-state index in [-0.39, 0.29) is 24.7 Å². The Balaban J connectivity index is 1.96. The van der Waals surface area contributed by atoms with Gasteiger partial charge in [0.1, 0.15) is 13.2 Å². The molecule has 0 spiro atoms. The fraction of sp³-hybridized carbons (Fsp3) is 0.333. The Kier molecular flexibility index (Phi) is 4.81. The molecule has 0 aliphatic carbocycles. The lowest BCUT2D eigenvalue weighted by Crippen LogP contribution is -2.09. The summed E-state index contributed by atoms with van der Waals surface area (Å²) in [7, 11) is 0. The molecule has 4 heteroatoms. The number of rotatable bonds is 5. The first-order valence-corrected chi connectivity index (χ1v) is 7.24. The predicted octanol–water partition coefficient (Wildman–Crippen LogP) is 3.79. The topological polar surface area (TPSA) is 58.9 Å². The van der Waals surface area contributed by atoms with Gasteiger partial charge in [0.2, 0.25) is 0 Å². The predicted molar refractivity (Wildman–Crippen MR) is 86.2 cm³/mol. The molecule has 22 heavy (non-hydrogen) atoms. The standard InChI is InChI=1S/C18H22O4/c1-11-7-13(3)17(19)15(9-11)21-5-6-22-16-10-12(2)8-14(4)18(16)20/h7-10,19-20H,5-6H2,1-4H3. The molecule has 0 atom stereocenters. The lowest BCUT2D eigenvalue weighted by atomic mass is 10.1. The average molecular weight is 302 g/mol. The lowest BCUT2D eigenvalue weighted by molar-refractivity contribution is 0.207. The zero-order valence-electron chi connectivity index (χ0n) is 13.4. The Bertz CT molecular complexity index is 618. The van der Waals surface area contributed by atoms with Crippen LogP contribution in [0.25, 0.3) is 0 Å². The molecule has 2 rings (SSSR count). The second-order valence-electron chi connectivity index (χ2n) is 5.55. The van der Waals surface area contributed by atoms with Gasteiger partial charge in [0, 0.05) is 0 Å². The van der Waals surface area contributed by atoms with Gasteiger partial charge in [-0.15, -0.1) is 0 Å². The molecule has 2 N–H and O–H groups in total. The van der Waals surface area contributed by atoms with Crippen LogP contribution < -0.4 is 9.47 Å². The number of phenolic OH excluding ortho intramolecular Hbond substituents is 2. The summed E-state index contributed by atoms with van der Waals surface area (Å²) in [5, 5.41) is 19.9. The highest BCUT2D eigenvalue weighted by Gasteiger charge is 2.09. The van der Waals surface area contributed by atoms with E-state index in [4.69, 9.17) is 9.47 Å². The van der Waals surface area contributed by atoms with Crippen LogP contribution in [0.3, 0.4) is 0 Å². The number of hydrogen-bond acceptors (Lipinski definition) is 4. The van der Waals surface area contributed by atoms with Crippen molar-refractivity contribution in [3.63, 3.8) is 0 Å². The largest absolute Gasteiger partial charge is 0.504 e. The highest BCUT2D eigenvalue weighted by molar-refractivity contribution is 5.48. The van der Waals surface area contributed by atoms with E-state index >= 15 is 0 Å². The van der Waals surface area contributed by atoms with Gasteiger partial charge >= 0.3 is 0 Å². The van der Waals surface area contributed by atoms with Crippen molar-refractivity contribution in [2.45, 2.75) is 27.7 Å². The monoisotopic (exact) mass is 302 g/mol. The van der Waals surface area contributed by atoms with Crippen LogP contribution in [0.2, 0.25) is 0 Å². The lowest BCUT2D eigenvalue weighted by Gasteiger charge is -2.13. The highest BCUT2D eigenvalue weighted by atomic mass is 16.5. The molecule has 0 unspecified atom stereocenters. The fourth-order valence-corrected chi connectivity index (χ4v) is 2.37. The van der Waals surface area contributed by atoms with Crippen LogP contribution in [-0.2, 0) is 0 Å². The van der Waals surface area contributed by atoms with Crippen molar-refractivity contribution in [2.75, 3.05) is 13.2 Å². The summed E-state index contributed by atoms with van der Waals surface area (Å²) in [4.78, 5) is 0. The van der Waals surface area contributed by atoms with Crippen molar-refractivity contribution in [3.8, 4) is 23.0 Å². The fourth-order valence-electron chi connectivity index (χ4n) is 2.37. The van der Waals surface area contributed by atoms with Crippen molar-refractivity contribution in [1.29, 1.82) is 0 Å². The average Bonchev–Trinajstić information content (AvgIpc) is 2.44. The third-order valence-corrected chi connectivity index (χ3v) is 3.42. The van der Waals surface area contributed by atoms with E-state index < -0.39 is 0 Å².